The van der Waals surface area contributed by atoms with Crippen LogP contribution in [0.2, 0.25) is 0 Å². The Labute approximate surface area is 112 Å². The van der Waals surface area contributed by atoms with E-state index in [9.17, 15) is 0 Å². The van der Waals surface area contributed by atoms with E-state index in [0.717, 1.165) is 19.6 Å². The molecule has 0 radical (unpaired) electrons. The van der Waals surface area contributed by atoms with Crippen LogP contribution in [0.3, 0.4) is 0 Å². The molecule has 2 heteroatoms. The Morgan fingerprint density at radius 1 is 1.06 bits per heavy atom. The molecule has 0 unspecified atom stereocenters. The molecule has 2 nitrogen and oxygen atoms in total. The summed E-state index contributed by atoms with van der Waals surface area (Å²) in [5.41, 5.74) is 3.02. The van der Waals surface area contributed by atoms with E-state index in [0.29, 0.717) is 6.04 Å². The Kier molecular flexibility index (Phi) is 3.67. The van der Waals surface area contributed by atoms with Gasteiger partial charge in [0.2, 0.25) is 0 Å². The molecule has 0 spiro atoms. The summed E-state index contributed by atoms with van der Waals surface area (Å²) < 4.78 is 0. The molecule has 1 saturated heterocycles. The molecule has 0 bridgehead atoms. The van der Waals surface area contributed by atoms with Crippen LogP contribution in [0, 0.1) is 0 Å². The lowest BCUT2D eigenvalue weighted by atomic mass is 9.87. The zero-order chi connectivity index (χ0) is 13.3. The van der Waals surface area contributed by atoms with Crippen LogP contribution >= 0.6 is 0 Å². The van der Waals surface area contributed by atoms with E-state index < -0.39 is 0 Å². The molecule has 100 valence electrons. The van der Waals surface area contributed by atoms with Crippen LogP contribution in [0.25, 0.3) is 0 Å². The second-order valence-electron chi connectivity index (χ2n) is 6.57. The summed E-state index contributed by atoms with van der Waals surface area (Å²) in [5.74, 6) is 0. The largest absolute Gasteiger partial charge is 0.369 e. The smallest absolute Gasteiger partial charge is 0.0367 e. The van der Waals surface area contributed by atoms with Crippen LogP contribution in [0.5, 0.6) is 0 Å². The van der Waals surface area contributed by atoms with Gasteiger partial charge in [-0.25, -0.2) is 0 Å². The molecular formula is C16H26N2. The molecule has 0 aromatic heterocycles. The first kappa shape index (κ1) is 13.4. The van der Waals surface area contributed by atoms with Crippen molar-refractivity contribution in [3.05, 3.63) is 29.8 Å². The highest BCUT2D eigenvalue weighted by Crippen LogP contribution is 2.25. The standard InChI is InChI=1S/C16H26N2/c1-13-12-18(11-10-17(13)5)15-8-6-14(7-9-15)16(2,3)4/h6-9,13H,10-12H2,1-5H3/t13-/m1/s1. The fraction of sp³-hybridized carbons (Fsp3) is 0.625. The minimum Gasteiger partial charge on any atom is -0.369 e. The number of anilines is 1. The summed E-state index contributed by atoms with van der Waals surface area (Å²) in [5, 5.41) is 0. The maximum Gasteiger partial charge on any atom is 0.0367 e. The molecule has 0 saturated carbocycles. The predicted molar refractivity (Wildman–Crippen MR) is 79.4 cm³/mol. The molecule has 0 aliphatic carbocycles. The average Bonchev–Trinajstić information content (AvgIpc) is 2.32. The Bertz CT molecular complexity index is 389. The summed E-state index contributed by atoms with van der Waals surface area (Å²) in [4.78, 5) is 4.93. The highest BCUT2D eigenvalue weighted by atomic mass is 15.3. The van der Waals surface area contributed by atoms with Gasteiger partial charge in [-0.2, -0.15) is 0 Å². The quantitative estimate of drug-likeness (QED) is 0.751. The van der Waals surface area contributed by atoms with Gasteiger partial charge in [0.15, 0.2) is 0 Å². The van der Waals surface area contributed by atoms with Gasteiger partial charge < -0.3 is 9.80 Å². The van der Waals surface area contributed by atoms with Crippen molar-refractivity contribution < 1.29 is 0 Å². The van der Waals surface area contributed by atoms with Gasteiger partial charge in [-0.15, -0.1) is 0 Å². The van der Waals surface area contributed by atoms with E-state index in [2.05, 4.69) is 68.8 Å². The van der Waals surface area contributed by atoms with Crippen LogP contribution in [0.4, 0.5) is 5.69 Å². The minimum atomic E-state index is 0.244. The highest BCUT2D eigenvalue weighted by molar-refractivity contribution is 5.49. The Balaban J connectivity index is 2.11. The minimum absolute atomic E-state index is 0.244. The van der Waals surface area contributed by atoms with E-state index in [1.165, 1.54) is 11.3 Å². The van der Waals surface area contributed by atoms with Crippen molar-refractivity contribution in [3.8, 4) is 0 Å². The molecule has 0 amide bonds. The van der Waals surface area contributed by atoms with Gasteiger partial charge in [0, 0.05) is 31.4 Å². The molecule has 1 fully saturated rings. The second kappa shape index (κ2) is 4.93. The summed E-state index contributed by atoms with van der Waals surface area (Å²) in [6.07, 6.45) is 0. The molecule has 1 atom stereocenters. The predicted octanol–water partition coefficient (Wildman–Crippen LogP) is 3.12. The number of piperazine rings is 1. The van der Waals surface area contributed by atoms with Crippen molar-refractivity contribution in [2.75, 3.05) is 31.6 Å². The van der Waals surface area contributed by atoms with Gasteiger partial charge >= 0.3 is 0 Å². The van der Waals surface area contributed by atoms with Crippen LogP contribution in [0.15, 0.2) is 24.3 Å². The fourth-order valence-corrected chi connectivity index (χ4v) is 2.46. The van der Waals surface area contributed by atoms with Crippen molar-refractivity contribution in [2.45, 2.75) is 39.2 Å². The lowest BCUT2D eigenvalue weighted by Gasteiger charge is -2.39. The first-order valence-corrected chi connectivity index (χ1v) is 6.93. The monoisotopic (exact) mass is 246 g/mol. The number of hydrogen-bond acceptors (Lipinski definition) is 2. The van der Waals surface area contributed by atoms with E-state index in [4.69, 9.17) is 0 Å². The number of likely N-dealkylation sites (N-methyl/N-ethyl adjacent to an activating group) is 1. The van der Waals surface area contributed by atoms with Crippen molar-refractivity contribution in [2.24, 2.45) is 0 Å². The lowest BCUT2D eigenvalue weighted by molar-refractivity contribution is 0.234. The third kappa shape index (κ3) is 2.86. The Hall–Kier alpha value is -1.02. The number of rotatable bonds is 1. The lowest BCUT2D eigenvalue weighted by Crippen LogP contribution is -2.50. The molecule has 0 N–H and O–H groups in total. The number of nitrogens with zero attached hydrogens (tertiary/aromatic N) is 2. The zero-order valence-electron chi connectivity index (χ0n) is 12.4. The third-order valence-electron chi connectivity index (χ3n) is 4.06. The molecule has 1 aromatic carbocycles. The van der Waals surface area contributed by atoms with Crippen molar-refractivity contribution in [3.63, 3.8) is 0 Å². The summed E-state index contributed by atoms with van der Waals surface area (Å²) >= 11 is 0. The topological polar surface area (TPSA) is 6.48 Å². The van der Waals surface area contributed by atoms with Gasteiger partial charge in [-0.05, 0) is 37.1 Å². The molecule has 1 aliphatic heterocycles. The third-order valence-corrected chi connectivity index (χ3v) is 4.06. The van der Waals surface area contributed by atoms with Crippen LogP contribution in [-0.4, -0.2) is 37.6 Å². The fourth-order valence-electron chi connectivity index (χ4n) is 2.46. The van der Waals surface area contributed by atoms with Crippen molar-refractivity contribution >= 4 is 5.69 Å². The van der Waals surface area contributed by atoms with Crippen LogP contribution < -0.4 is 4.90 Å². The van der Waals surface area contributed by atoms with Gasteiger partial charge in [0.25, 0.3) is 0 Å². The summed E-state index contributed by atoms with van der Waals surface area (Å²) in [6.45, 7) is 12.5. The highest BCUT2D eigenvalue weighted by Gasteiger charge is 2.21. The summed E-state index contributed by atoms with van der Waals surface area (Å²) in [6, 6.07) is 9.74. The number of hydrogen-bond donors (Lipinski definition) is 0. The zero-order valence-corrected chi connectivity index (χ0v) is 12.4. The molecule has 18 heavy (non-hydrogen) atoms. The average molecular weight is 246 g/mol. The van der Waals surface area contributed by atoms with E-state index in [1.807, 2.05) is 0 Å². The molecule has 2 rings (SSSR count). The van der Waals surface area contributed by atoms with E-state index in [1.54, 1.807) is 0 Å². The SMILES string of the molecule is C[C@@H]1CN(c2ccc(C(C)(C)C)cc2)CCN1C. The van der Waals surface area contributed by atoms with Gasteiger partial charge in [-0.3, -0.25) is 0 Å². The second-order valence-corrected chi connectivity index (χ2v) is 6.57. The van der Waals surface area contributed by atoms with Crippen LogP contribution in [0.1, 0.15) is 33.3 Å². The first-order valence-electron chi connectivity index (χ1n) is 6.93. The molecule has 1 aromatic rings. The normalized spacial score (nSPS) is 22.3. The van der Waals surface area contributed by atoms with E-state index in [-0.39, 0.29) is 5.41 Å². The van der Waals surface area contributed by atoms with Crippen LogP contribution in [-0.2, 0) is 5.41 Å². The van der Waals surface area contributed by atoms with Gasteiger partial charge in [0.05, 0.1) is 0 Å². The Morgan fingerprint density at radius 3 is 2.17 bits per heavy atom. The number of benzene rings is 1. The van der Waals surface area contributed by atoms with Gasteiger partial charge in [0.1, 0.15) is 0 Å². The van der Waals surface area contributed by atoms with Crippen molar-refractivity contribution in [1.82, 2.24) is 4.90 Å². The molecule has 1 heterocycles. The Morgan fingerprint density at radius 2 is 1.67 bits per heavy atom. The maximum absolute atomic E-state index is 2.50. The van der Waals surface area contributed by atoms with Crippen molar-refractivity contribution in [1.29, 1.82) is 0 Å². The summed E-state index contributed by atoms with van der Waals surface area (Å²) in [7, 11) is 2.21. The first-order chi connectivity index (χ1) is 8.38. The van der Waals surface area contributed by atoms with Gasteiger partial charge in [-0.1, -0.05) is 32.9 Å². The van der Waals surface area contributed by atoms with E-state index >= 15 is 0 Å². The molecule has 1 aliphatic rings. The maximum atomic E-state index is 2.50. The molecular weight excluding hydrogens is 220 g/mol.